The fraction of sp³-hybridized carbons (Fsp3) is 0.417. The molecular formula is C12H15FO3. The molecule has 0 unspecified atom stereocenters. The first-order valence-corrected chi connectivity index (χ1v) is 5.14. The van der Waals surface area contributed by atoms with Crippen molar-refractivity contribution in [2.45, 2.75) is 13.3 Å². The highest BCUT2D eigenvalue weighted by molar-refractivity contribution is 5.96. The minimum atomic E-state index is -0.605. The van der Waals surface area contributed by atoms with Gasteiger partial charge in [0.1, 0.15) is 0 Å². The topological polar surface area (TPSA) is 35.5 Å². The molecule has 0 fully saturated rings. The quantitative estimate of drug-likeness (QED) is 0.552. The second-order valence-corrected chi connectivity index (χ2v) is 3.19. The molecule has 1 aromatic carbocycles. The van der Waals surface area contributed by atoms with Crippen LogP contribution in [-0.2, 0) is 4.74 Å². The maximum absolute atomic E-state index is 13.6. The smallest absolute Gasteiger partial charge is 0.175 e. The summed E-state index contributed by atoms with van der Waals surface area (Å²) in [5.41, 5.74) is 0.0547. The van der Waals surface area contributed by atoms with Crippen LogP contribution in [0, 0.1) is 5.82 Å². The zero-order valence-electron chi connectivity index (χ0n) is 9.46. The summed E-state index contributed by atoms with van der Waals surface area (Å²) in [4.78, 5) is 11.6. The van der Waals surface area contributed by atoms with Gasteiger partial charge in [0.2, 0.25) is 0 Å². The van der Waals surface area contributed by atoms with Gasteiger partial charge in [-0.25, -0.2) is 4.39 Å². The normalized spacial score (nSPS) is 10.2. The van der Waals surface area contributed by atoms with E-state index in [4.69, 9.17) is 9.47 Å². The van der Waals surface area contributed by atoms with Crippen molar-refractivity contribution < 1.29 is 18.7 Å². The van der Waals surface area contributed by atoms with E-state index in [1.54, 1.807) is 6.07 Å². The highest BCUT2D eigenvalue weighted by Crippen LogP contribution is 2.20. The van der Waals surface area contributed by atoms with Gasteiger partial charge in [-0.3, -0.25) is 4.79 Å². The standard InChI is InChI=1S/C12H15FO3/c1-3-16-8-7-10(14)9-5-4-6-11(15-2)12(9)13/h4-6H,3,7-8H2,1-2H3. The summed E-state index contributed by atoms with van der Waals surface area (Å²) in [7, 11) is 1.37. The Morgan fingerprint density at radius 2 is 2.19 bits per heavy atom. The van der Waals surface area contributed by atoms with E-state index in [0.29, 0.717) is 13.2 Å². The van der Waals surface area contributed by atoms with Crippen molar-refractivity contribution in [2.24, 2.45) is 0 Å². The molecule has 0 saturated heterocycles. The lowest BCUT2D eigenvalue weighted by atomic mass is 10.1. The van der Waals surface area contributed by atoms with Gasteiger partial charge in [0.05, 0.1) is 19.3 Å². The van der Waals surface area contributed by atoms with E-state index in [-0.39, 0.29) is 23.5 Å². The first-order valence-electron chi connectivity index (χ1n) is 5.14. The first-order chi connectivity index (χ1) is 7.70. The van der Waals surface area contributed by atoms with Crippen molar-refractivity contribution in [3.05, 3.63) is 29.6 Å². The lowest BCUT2D eigenvalue weighted by Gasteiger charge is -2.06. The largest absolute Gasteiger partial charge is 0.494 e. The van der Waals surface area contributed by atoms with Gasteiger partial charge in [-0.2, -0.15) is 0 Å². The van der Waals surface area contributed by atoms with Crippen molar-refractivity contribution in [3.63, 3.8) is 0 Å². The van der Waals surface area contributed by atoms with Gasteiger partial charge in [0, 0.05) is 13.0 Å². The maximum Gasteiger partial charge on any atom is 0.175 e. The number of rotatable bonds is 6. The van der Waals surface area contributed by atoms with Crippen molar-refractivity contribution >= 4 is 5.78 Å². The molecule has 0 heterocycles. The summed E-state index contributed by atoms with van der Waals surface area (Å²) in [5, 5.41) is 0. The molecule has 0 aliphatic carbocycles. The van der Waals surface area contributed by atoms with E-state index in [9.17, 15) is 9.18 Å². The monoisotopic (exact) mass is 226 g/mol. The lowest BCUT2D eigenvalue weighted by Crippen LogP contribution is -2.07. The summed E-state index contributed by atoms with van der Waals surface area (Å²) in [5.74, 6) is -0.793. The Labute approximate surface area is 94.2 Å². The molecule has 0 bridgehead atoms. The molecule has 3 nitrogen and oxygen atoms in total. The third-order valence-corrected chi connectivity index (χ3v) is 2.16. The lowest BCUT2D eigenvalue weighted by molar-refractivity contribution is 0.0891. The molecule has 0 saturated carbocycles. The van der Waals surface area contributed by atoms with Crippen LogP contribution < -0.4 is 4.74 Å². The van der Waals surface area contributed by atoms with Crippen molar-refractivity contribution in [1.82, 2.24) is 0 Å². The van der Waals surface area contributed by atoms with Gasteiger partial charge in [-0.05, 0) is 19.1 Å². The van der Waals surface area contributed by atoms with E-state index in [1.165, 1.54) is 19.2 Å². The van der Waals surface area contributed by atoms with Gasteiger partial charge in [0.25, 0.3) is 0 Å². The number of methoxy groups -OCH3 is 1. The van der Waals surface area contributed by atoms with Gasteiger partial charge >= 0.3 is 0 Å². The average Bonchev–Trinajstić information content (AvgIpc) is 2.29. The molecule has 1 aromatic rings. The molecule has 1 rings (SSSR count). The van der Waals surface area contributed by atoms with Crippen LogP contribution in [0.4, 0.5) is 4.39 Å². The Kier molecular flexibility index (Phi) is 4.92. The number of ketones is 1. The third kappa shape index (κ3) is 3.03. The number of hydrogen-bond donors (Lipinski definition) is 0. The highest BCUT2D eigenvalue weighted by Gasteiger charge is 2.14. The Morgan fingerprint density at radius 1 is 1.44 bits per heavy atom. The fourth-order valence-electron chi connectivity index (χ4n) is 1.33. The van der Waals surface area contributed by atoms with E-state index in [0.717, 1.165) is 0 Å². The summed E-state index contributed by atoms with van der Waals surface area (Å²) in [6.45, 7) is 2.70. The van der Waals surface area contributed by atoms with Gasteiger partial charge in [-0.15, -0.1) is 0 Å². The fourth-order valence-corrected chi connectivity index (χ4v) is 1.33. The molecule has 0 spiro atoms. The minimum absolute atomic E-state index is 0.0547. The predicted octanol–water partition coefficient (Wildman–Crippen LogP) is 2.44. The van der Waals surface area contributed by atoms with E-state index in [2.05, 4.69) is 0 Å². The molecule has 0 aliphatic heterocycles. The molecule has 0 atom stereocenters. The zero-order valence-corrected chi connectivity index (χ0v) is 9.46. The molecule has 88 valence electrons. The van der Waals surface area contributed by atoms with Gasteiger partial charge in [0.15, 0.2) is 17.3 Å². The minimum Gasteiger partial charge on any atom is -0.494 e. The van der Waals surface area contributed by atoms with Gasteiger partial charge in [-0.1, -0.05) is 6.07 Å². The molecule has 0 aromatic heterocycles. The Morgan fingerprint density at radius 3 is 2.81 bits per heavy atom. The highest BCUT2D eigenvalue weighted by atomic mass is 19.1. The average molecular weight is 226 g/mol. The third-order valence-electron chi connectivity index (χ3n) is 2.16. The van der Waals surface area contributed by atoms with Crippen LogP contribution in [0.5, 0.6) is 5.75 Å². The molecular weight excluding hydrogens is 211 g/mol. The Hall–Kier alpha value is -1.42. The Bertz CT molecular complexity index is 363. The van der Waals surface area contributed by atoms with Gasteiger partial charge < -0.3 is 9.47 Å². The van der Waals surface area contributed by atoms with E-state index < -0.39 is 5.82 Å². The van der Waals surface area contributed by atoms with Crippen LogP contribution in [0.3, 0.4) is 0 Å². The van der Waals surface area contributed by atoms with Crippen LogP contribution in [0.25, 0.3) is 0 Å². The van der Waals surface area contributed by atoms with Crippen LogP contribution in [0.15, 0.2) is 18.2 Å². The number of Topliss-reactive ketones (excluding diaryl/α,β-unsaturated/α-hetero) is 1. The van der Waals surface area contributed by atoms with Crippen molar-refractivity contribution in [3.8, 4) is 5.75 Å². The van der Waals surface area contributed by atoms with Crippen LogP contribution in [0.1, 0.15) is 23.7 Å². The number of carbonyl (C=O) groups excluding carboxylic acids is 1. The van der Waals surface area contributed by atoms with E-state index >= 15 is 0 Å². The number of benzene rings is 1. The summed E-state index contributed by atoms with van der Waals surface area (Å²) < 4.78 is 23.5. The van der Waals surface area contributed by atoms with Crippen LogP contribution in [0.2, 0.25) is 0 Å². The zero-order chi connectivity index (χ0) is 12.0. The summed E-state index contributed by atoms with van der Waals surface area (Å²) in [6.07, 6.45) is 0.178. The number of carbonyl (C=O) groups is 1. The number of ether oxygens (including phenoxy) is 2. The number of halogens is 1. The molecule has 16 heavy (non-hydrogen) atoms. The first kappa shape index (κ1) is 12.6. The second kappa shape index (κ2) is 6.23. The van der Waals surface area contributed by atoms with Crippen molar-refractivity contribution in [2.75, 3.05) is 20.3 Å². The Balaban J connectivity index is 2.75. The van der Waals surface area contributed by atoms with Crippen LogP contribution in [-0.4, -0.2) is 26.1 Å². The molecule has 0 N–H and O–H groups in total. The predicted molar refractivity (Wildman–Crippen MR) is 58.4 cm³/mol. The molecule has 0 amide bonds. The maximum atomic E-state index is 13.6. The van der Waals surface area contributed by atoms with Crippen molar-refractivity contribution in [1.29, 1.82) is 0 Å². The SMILES string of the molecule is CCOCCC(=O)c1cccc(OC)c1F. The van der Waals surface area contributed by atoms with Crippen LogP contribution >= 0.6 is 0 Å². The number of hydrogen-bond acceptors (Lipinski definition) is 3. The van der Waals surface area contributed by atoms with E-state index in [1.807, 2.05) is 6.92 Å². The molecule has 0 radical (unpaired) electrons. The molecule has 0 aliphatic rings. The molecule has 4 heteroatoms. The summed E-state index contributed by atoms with van der Waals surface area (Å²) >= 11 is 0. The second-order valence-electron chi connectivity index (χ2n) is 3.19. The summed E-state index contributed by atoms with van der Waals surface area (Å²) in [6, 6.07) is 4.52.